The van der Waals surface area contributed by atoms with Gasteiger partial charge in [0.25, 0.3) is 0 Å². The topological polar surface area (TPSA) is 50.4 Å². The van der Waals surface area contributed by atoms with Crippen molar-refractivity contribution in [3.8, 4) is 5.75 Å². The SMILES string of the molecule is CC(C)COc1ccccc1NC(=O)CNCc1ccccc1Cl. The van der Waals surface area contributed by atoms with Crippen molar-refractivity contribution in [2.45, 2.75) is 20.4 Å². The summed E-state index contributed by atoms with van der Waals surface area (Å²) in [5, 5.41) is 6.66. The number of amides is 1. The number of hydrogen-bond acceptors (Lipinski definition) is 3. The van der Waals surface area contributed by atoms with Crippen LogP contribution in [-0.4, -0.2) is 19.1 Å². The first-order chi connectivity index (χ1) is 11.6. The summed E-state index contributed by atoms with van der Waals surface area (Å²) >= 11 is 6.09. The molecule has 0 aliphatic rings. The fraction of sp³-hybridized carbons (Fsp3) is 0.316. The van der Waals surface area contributed by atoms with Crippen LogP contribution in [0.5, 0.6) is 5.75 Å². The van der Waals surface area contributed by atoms with Gasteiger partial charge in [-0.25, -0.2) is 0 Å². The monoisotopic (exact) mass is 346 g/mol. The van der Waals surface area contributed by atoms with Crippen molar-refractivity contribution in [2.24, 2.45) is 5.92 Å². The number of rotatable bonds is 8. The number of carbonyl (C=O) groups is 1. The van der Waals surface area contributed by atoms with Crippen molar-refractivity contribution in [1.82, 2.24) is 5.32 Å². The number of nitrogens with one attached hydrogen (secondary N) is 2. The van der Waals surface area contributed by atoms with Gasteiger partial charge in [0, 0.05) is 11.6 Å². The lowest BCUT2D eigenvalue weighted by Crippen LogP contribution is -2.28. The van der Waals surface area contributed by atoms with E-state index in [1.807, 2.05) is 48.5 Å². The average molecular weight is 347 g/mol. The Hall–Kier alpha value is -2.04. The highest BCUT2D eigenvalue weighted by Crippen LogP contribution is 2.24. The fourth-order valence-electron chi connectivity index (χ4n) is 2.10. The van der Waals surface area contributed by atoms with Crippen LogP contribution in [0.15, 0.2) is 48.5 Å². The summed E-state index contributed by atoms with van der Waals surface area (Å²) in [6.45, 7) is 5.51. The molecule has 0 aromatic heterocycles. The highest BCUT2D eigenvalue weighted by molar-refractivity contribution is 6.31. The van der Waals surface area contributed by atoms with E-state index in [1.54, 1.807) is 0 Å². The summed E-state index contributed by atoms with van der Waals surface area (Å²) < 4.78 is 5.74. The number of halogens is 1. The molecule has 0 unspecified atom stereocenters. The van der Waals surface area contributed by atoms with Crippen molar-refractivity contribution in [1.29, 1.82) is 0 Å². The van der Waals surface area contributed by atoms with Crippen LogP contribution in [-0.2, 0) is 11.3 Å². The molecule has 5 heteroatoms. The molecule has 0 bridgehead atoms. The minimum Gasteiger partial charge on any atom is -0.491 e. The molecule has 2 aromatic rings. The molecule has 4 nitrogen and oxygen atoms in total. The van der Waals surface area contributed by atoms with Crippen molar-refractivity contribution in [3.63, 3.8) is 0 Å². The number of anilines is 1. The zero-order valence-corrected chi connectivity index (χ0v) is 14.8. The third-order valence-electron chi connectivity index (χ3n) is 3.29. The molecule has 0 atom stereocenters. The predicted octanol–water partition coefficient (Wildman–Crippen LogP) is 4.10. The van der Waals surface area contributed by atoms with Gasteiger partial charge < -0.3 is 15.4 Å². The Morgan fingerprint density at radius 3 is 2.58 bits per heavy atom. The maximum Gasteiger partial charge on any atom is 0.238 e. The Kier molecular flexibility index (Phi) is 7.09. The van der Waals surface area contributed by atoms with Crippen LogP contribution in [0, 0.1) is 5.92 Å². The molecule has 0 spiro atoms. The van der Waals surface area contributed by atoms with Gasteiger partial charge in [-0.15, -0.1) is 0 Å². The number of para-hydroxylation sites is 2. The minimum absolute atomic E-state index is 0.123. The molecule has 0 aliphatic heterocycles. The lowest BCUT2D eigenvalue weighted by atomic mass is 10.2. The van der Waals surface area contributed by atoms with Gasteiger partial charge in [-0.2, -0.15) is 0 Å². The van der Waals surface area contributed by atoms with Crippen molar-refractivity contribution in [3.05, 3.63) is 59.1 Å². The summed E-state index contributed by atoms with van der Waals surface area (Å²) in [7, 11) is 0. The van der Waals surface area contributed by atoms with Gasteiger partial charge in [0.05, 0.1) is 18.8 Å². The molecular formula is C19H23ClN2O2. The summed E-state index contributed by atoms with van der Waals surface area (Å²) in [5.74, 6) is 0.986. The zero-order valence-electron chi connectivity index (χ0n) is 14.0. The maximum atomic E-state index is 12.1. The van der Waals surface area contributed by atoms with E-state index in [0.717, 1.165) is 5.56 Å². The van der Waals surface area contributed by atoms with Gasteiger partial charge in [0.15, 0.2) is 0 Å². The summed E-state index contributed by atoms with van der Waals surface area (Å²) in [6, 6.07) is 15.0. The Balaban J connectivity index is 1.85. The molecule has 0 saturated heterocycles. The van der Waals surface area contributed by atoms with E-state index in [0.29, 0.717) is 35.5 Å². The molecule has 2 N–H and O–H groups in total. The molecule has 0 heterocycles. The molecular weight excluding hydrogens is 324 g/mol. The Bertz CT molecular complexity index is 674. The summed E-state index contributed by atoms with van der Waals surface area (Å²) in [5.41, 5.74) is 1.65. The van der Waals surface area contributed by atoms with E-state index in [4.69, 9.17) is 16.3 Å². The van der Waals surface area contributed by atoms with Gasteiger partial charge in [0.2, 0.25) is 5.91 Å². The van der Waals surface area contributed by atoms with E-state index in [9.17, 15) is 4.79 Å². The highest BCUT2D eigenvalue weighted by atomic mass is 35.5. The molecule has 1 amide bonds. The summed E-state index contributed by atoms with van der Waals surface area (Å²) in [4.78, 5) is 12.1. The molecule has 0 saturated carbocycles. The highest BCUT2D eigenvalue weighted by Gasteiger charge is 2.08. The first kappa shape index (κ1) is 18.3. The first-order valence-electron chi connectivity index (χ1n) is 8.02. The van der Waals surface area contributed by atoms with Gasteiger partial charge >= 0.3 is 0 Å². The Morgan fingerprint density at radius 1 is 1.12 bits per heavy atom. The van der Waals surface area contributed by atoms with E-state index < -0.39 is 0 Å². The number of carbonyl (C=O) groups excluding carboxylic acids is 1. The Labute approximate surface area is 148 Å². The van der Waals surface area contributed by atoms with E-state index in [1.165, 1.54) is 0 Å². The molecule has 24 heavy (non-hydrogen) atoms. The van der Waals surface area contributed by atoms with E-state index >= 15 is 0 Å². The smallest absolute Gasteiger partial charge is 0.238 e. The normalized spacial score (nSPS) is 10.7. The molecule has 2 aromatic carbocycles. The lowest BCUT2D eigenvalue weighted by molar-refractivity contribution is -0.115. The van der Waals surface area contributed by atoms with Crippen LogP contribution in [0.25, 0.3) is 0 Å². The Morgan fingerprint density at radius 2 is 1.83 bits per heavy atom. The van der Waals surface area contributed by atoms with Gasteiger partial charge in [0.1, 0.15) is 5.75 Å². The standard InChI is InChI=1S/C19H23ClN2O2/c1-14(2)13-24-18-10-6-5-9-17(18)22-19(23)12-21-11-15-7-3-4-8-16(15)20/h3-10,14,21H,11-13H2,1-2H3,(H,22,23). The van der Waals surface area contributed by atoms with Crippen LogP contribution in [0.2, 0.25) is 5.02 Å². The zero-order chi connectivity index (χ0) is 17.4. The first-order valence-corrected chi connectivity index (χ1v) is 8.40. The van der Waals surface area contributed by atoms with Crippen molar-refractivity contribution >= 4 is 23.2 Å². The second-order valence-electron chi connectivity index (χ2n) is 5.94. The quantitative estimate of drug-likeness (QED) is 0.756. The summed E-state index contributed by atoms with van der Waals surface area (Å²) in [6.07, 6.45) is 0. The number of benzene rings is 2. The van der Waals surface area contributed by atoms with Crippen LogP contribution in [0.4, 0.5) is 5.69 Å². The third-order valence-corrected chi connectivity index (χ3v) is 3.66. The van der Waals surface area contributed by atoms with Crippen LogP contribution >= 0.6 is 11.6 Å². The van der Waals surface area contributed by atoms with Crippen LogP contribution in [0.1, 0.15) is 19.4 Å². The fourth-order valence-corrected chi connectivity index (χ4v) is 2.30. The third kappa shape index (κ3) is 5.87. The molecule has 0 radical (unpaired) electrons. The minimum atomic E-state index is -0.123. The second-order valence-corrected chi connectivity index (χ2v) is 6.35. The molecule has 128 valence electrons. The largest absolute Gasteiger partial charge is 0.491 e. The number of ether oxygens (including phenoxy) is 1. The average Bonchev–Trinajstić information content (AvgIpc) is 2.56. The molecule has 0 aliphatic carbocycles. The second kappa shape index (κ2) is 9.30. The maximum absolute atomic E-state index is 12.1. The lowest BCUT2D eigenvalue weighted by Gasteiger charge is -2.14. The number of hydrogen-bond donors (Lipinski definition) is 2. The van der Waals surface area contributed by atoms with Gasteiger partial charge in [-0.1, -0.05) is 55.8 Å². The van der Waals surface area contributed by atoms with Gasteiger partial charge in [-0.05, 0) is 29.7 Å². The molecule has 2 rings (SSSR count). The van der Waals surface area contributed by atoms with E-state index in [-0.39, 0.29) is 12.5 Å². The van der Waals surface area contributed by atoms with Gasteiger partial charge in [-0.3, -0.25) is 4.79 Å². The van der Waals surface area contributed by atoms with Crippen LogP contribution < -0.4 is 15.4 Å². The predicted molar refractivity (Wildman–Crippen MR) is 98.6 cm³/mol. The molecule has 0 fully saturated rings. The van der Waals surface area contributed by atoms with E-state index in [2.05, 4.69) is 24.5 Å². The van der Waals surface area contributed by atoms with Crippen LogP contribution in [0.3, 0.4) is 0 Å². The van der Waals surface area contributed by atoms with Crippen molar-refractivity contribution in [2.75, 3.05) is 18.5 Å². The van der Waals surface area contributed by atoms with Crippen molar-refractivity contribution < 1.29 is 9.53 Å².